The number of likely N-dealkylation sites (N-methyl/N-ethyl adjacent to an activating group) is 1. The molecule has 6 aromatic rings. The summed E-state index contributed by atoms with van der Waals surface area (Å²) in [7, 11) is 1.62. The van der Waals surface area contributed by atoms with Crippen molar-refractivity contribution < 1.29 is 14.3 Å². The number of benzene rings is 5. The summed E-state index contributed by atoms with van der Waals surface area (Å²) < 4.78 is 14.5. The SMILES string of the molecule is CCN(CC)C(=O)C1=C(C)N=c2s/c(=C/c3ccccc3OCc3cccc4ccccc34)c(=O)n2[C@@H]1c1c(OC)ccc2ccccc12. The Morgan fingerprint density at radius 3 is 2.29 bits per heavy atom. The second-order valence-electron chi connectivity index (χ2n) is 11.9. The number of carbonyl (C=O) groups is 1. The Morgan fingerprint density at radius 2 is 1.53 bits per heavy atom. The third-order valence-electron chi connectivity index (χ3n) is 9.20. The van der Waals surface area contributed by atoms with Crippen LogP contribution < -0.4 is 24.4 Å². The zero-order valence-corrected chi connectivity index (χ0v) is 28.8. The van der Waals surface area contributed by atoms with Crippen molar-refractivity contribution in [1.82, 2.24) is 9.47 Å². The maximum atomic E-state index is 14.6. The lowest BCUT2D eigenvalue weighted by atomic mass is 9.90. The molecule has 0 radical (unpaired) electrons. The predicted molar refractivity (Wildman–Crippen MR) is 197 cm³/mol. The number of thiazole rings is 1. The number of hydrogen-bond donors (Lipinski definition) is 0. The maximum absolute atomic E-state index is 14.6. The first-order valence-electron chi connectivity index (χ1n) is 16.5. The zero-order valence-electron chi connectivity index (χ0n) is 28.0. The number of fused-ring (bicyclic) bond motifs is 3. The lowest BCUT2D eigenvalue weighted by molar-refractivity contribution is -0.127. The number of nitrogens with zero attached hydrogens (tertiary/aromatic N) is 3. The van der Waals surface area contributed by atoms with Gasteiger partial charge in [0.05, 0.1) is 22.9 Å². The molecule has 0 bridgehead atoms. The number of rotatable bonds is 9. The van der Waals surface area contributed by atoms with Crippen LogP contribution in [0.1, 0.15) is 43.5 Å². The van der Waals surface area contributed by atoms with Gasteiger partial charge < -0.3 is 14.4 Å². The average molecular weight is 668 g/mol. The standard InChI is InChI=1S/C41H37N3O4S/c1-5-43(6-2)40(46)36-26(3)42-41-44(38(36)37-32-20-11-8-15-28(32)22-23-34(37)47-4)39(45)35(49-41)24-29-16-9-12-21-33(29)48-25-30-18-13-17-27-14-7-10-19-31(27)30/h7-24,38H,5-6,25H2,1-4H3/b35-24+/t38-/m0/s1. The van der Waals surface area contributed by atoms with E-state index >= 15 is 0 Å². The van der Waals surface area contributed by atoms with E-state index in [1.165, 1.54) is 11.3 Å². The van der Waals surface area contributed by atoms with E-state index in [-0.39, 0.29) is 11.5 Å². The summed E-state index contributed by atoms with van der Waals surface area (Å²) in [6.45, 7) is 7.22. The highest BCUT2D eigenvalue weighted by molar-refractivity contribution is 7.07. The fraction of sp³-hybridized carbons (Fsp3) is 0.195. The molecule has 7 rings (SSSR count). The maximum Gasteiger partial charge on any atom is 0.271 e. The molecule has 246 valence electrons. The third-order valence-corrected chi connectivity index (χ3v) is 10.2. The summed E-state index contributed by atoms with van der Waals surface area (Å²) in [5.41, 5.74) is 3.45. The van der Waals surface area contributed by atoms with Crippen molar-refractivity contribution in [2.45, 2.75) is 33.4 Å². The van der Waals surface area contributed by atoms with Crippen molar-refractivity contribution in [2.75, 3.05) is 20.2 Å². The van der Waals surface area contributed by atoms with Gasteiger partial charge in [0.2, 0.25) is 0 Å². The minimum atomic E-state index is -0.745. The summed E-state index contributed by atoms with van der Waals surface area (Å²) in [6, 6.07) is 33.3. The number of ether oxygens (including phenoxy) is 2. The molecule has 0 aliphatic carbocycles. The van der Waals surface area contributed by atoms with Gasteiger partial charge in [0.15, 0.2) is 4.80 Å². The van der Waals surface area contributed by atoms with E-state index in [1.807, 2.05) is 106 Å². The summed E-state index contributed by atoms with van der Waals surface area (Å²) in [6.07, 6.45) is 1.87. The fourth-order valence-corrected chi connectivity index (χ4v) is 7.77. The number of hydrogen-bond acceptors (Lipinski definition) is 6. The van der Waals surface area contributed by atoms with Crippen LogP contribution in [0.25, 0.3) is 27.6 Å². The van der Waals surface area contributed by atoms with Gasteiger partial charge in [-0.3, -0.25) is 14.2 Å². The van der Waals surface area contributed by atoms with E-state index < -0.39 is 6.04 Å². The second-order valence-corrected chi connectivity index (χ2v) is 12.9. The van der Waals surface area contributed by atoms with Crippen molar-refractivity contribution >= 4 is 44.9 Å². The van der Waals surface area contributed by atoms with Crippen LogP contribution in [0.4, 0.5) is 0 Å². The summed E-state index contributed by atoms with van der Waals surface area (Å²) in [5, 5.41) is 4.20. The Hall–Kier alpha value is -5.47. The highest BCUT2D eigenvalue weighted by atomic mass is 32.1. The number of carbonyl (C=O) groups excluding carboxylic acids is 1. The molecule has 1 aliphatic heterocycles. The Morgan fingerprint density at radius 1 is 0.857 bits per heavy atom. The number of allylic oxidation sites excluding steroid dienone is 1. The molecular weight excluding hydrogens is 631 g/mol. The van der Waals surface area contributed by atoms with Crippen LogP contribution in [0.5, 0.6) is 11.5 Å². The average Bonchev–Trinajstić information content (AvgIpc) is 3.44. The van der Waals surface area contributed by atoms with Gasteiger partial charge in [-0.05, 0) is 66.1 Å². The van der Waals surface area contributed by atoms with Gasteiger partial charge >= 0.3 is 0 Å². The largest absolute Gasteiger partial charge is 0.496 e. The molecule has 0 saturated carbocycles. The Balaban J connectivity index is 1.38. The first kappa shape index (κ1) is 32.1. The smallest absolute Gasteiger partial charge is 0.271 e. The molecule has 7 nitrogen and oxygen atoms in total. The van der Waals surface area contributed by atoms with E-state index in [2.05, 4.69) is 24.3 Å². The monoisotopic (exact) mass is 667 g/mol. The molecule has 8 heteroatoms. The van der Waals surface area contributed by atoms with Gasteiger partial charge in [0.1, 0.15) is 24.1 Å². The van der Waals surface area contributed by atoms with Crippen LogP contribution in [-0.2, 0) is 11.4 Å². The van der Waals surface area contributed by atoms with Crippen LogP contribution >= 0.6 is 11.3 Å². The van der Waals surface area contributed by atoms with Crippen LogP contribution in [0, 0.1) is 0 Å². The van der Waals surface area contributed by atoms with Gasteiger partial charge in [0.25, 0.3) is 11.5 Å². The molecule has 1 amide bonds. The first-order chi connectivity index (χ1) is 23.9. The van der Waals surface area contributed by atoms with Crippen LogP contribution in [0.15, 0.2) is 124 Å². The van der Waals surface area contributed by atoms with Crippen molar-refractivity contribution in [3.63, 3.8) is 0 Å². The molecule has 0 saturated heterocycles. The van der Waals surface area contributed by atoms with Gasteiger partial charge in [-0.2, -0.15) is 0 Å². The molecule has 1 aliphatic rings. The molecule has 0 unspecified atom stereocenters. The lowest BCUT2D eigenvalue weighted by Crippen LogP contribution is -2.43. The second kappa shape index (κ2) is 13.6. The topological polar surface area (TPSA) is 73.1 Å². The first-order valence-corrected chi connectivity index (χ1v) is 17.3. The molecule has 49 heavy (non-hydrogen) atoms. The lowest BCUT2D eigenvalue weighted by Gasteiger charge is -2.30. The van der Waals surface area contributed by atoms with E-state index in [0.29, 0.717) is 51.8 Å². The Labute approximate surface area is 288 Å². The quantitative estimate of drug-likeness (QED) is 0.167. The molecule has 0 fully saturated rings. The summed E-state index contributed by atoms with van der Waals surface area (Å²) in [5.74, 6) is 1.12. The van der Waals surface area contributed by atoms with Crippen molar-refractivity contribution in [2.24, 2.45) is 4.99 Å². The number of aromatic nitrogens is 1. The number of para-hydroxylation sites is 1. The fourth-order valence-electron chi connectivity index (χ4n) is 6.73. The zero-order chi connectivity index (χ0) is 34.1. The molecule has 2 heterocycles. The van der Waals surface area contributed by atoms with Crippen molar-refractivity contribution in [3.05, 3.63) is 151 Å². The molecule has 5 aromatic carbocycles. The van der Waals surface area contributed by atoms with Gasteiger partial charge in [-0.1, -0.05) is 102 Å². The van der Waals surface area contributed by atoms with Crippen LogP contribution in [0.2, 0.25) is 0 Å². The molecule has 0 spiro atoms. The van der Waals surface area contributed by atoms with E-state index in [9.17, 15) is 9.59 Å². The Kier molecular flexibility index (Phi) is 8.89. The third kappa shape index (κ3) is 5.82. The van der Waals surface area contributed by atoms with Gasteiger partial charge in [0, 0.05) is 24.2 Å². The minimum absolute atomic E-state index is 0.146. The highest BCUT2D eigenvalue weighted by Crippen LogP contribution is 2.40. The minimum Gasteiger partial charge on any atom is -0.496 e. The van der Waals surface area contributed by atoms with Crippen molar-refractivity contribution in [1.29, 1.82) is 0 Å². The summed E-state index contributed by atoms with van der Waals surface area (Å²) >= 11 is 1.31. The molecule has 0 N–H and O–H groups in total. The molecule has 1 aromatic heterocycles. The Bertz CT molecular complexity index is 2430. The number of amides is 1. The van der Waals surface area contributed by atoms with Crippen LogP contribution in [0.3, 0.4) is 0 Å². The van der Waals surface area contributed by atoms with Gasteiger partial charge in [-0.25, -0.2) is 4.99 Å². The van der Waals surface area contributed by atoms with E-state index in [1.54, 1.807) is 16.6 Å². The summed E-state index contributed by atoms with van der Waals surface area (Å²) in [4.78, 5) is 36.1. The van der Waals surface area contributed by atoms with Crippen LogP contribution in [-0.4, -0.2) is 35.6 Å². The molecular formula is C41H37N3O4S. The number of methoxy groups -OCH3 is 1. The predicted octanol–water partition coefficient (Wildman–Crippen LogP) is 7.00. The molecule has 1 atom stereocenters. The van der Waals surface area contributed by atoms with Crippen molar-refractivity contribution in [3.8, 4) is 11.5 Å². The normalized spacial score (nSPS) is 14.5. The highest BCUT2D eigenvalue weighted by Gasteiger charge is 2.36. The van der Waals surface area contributed by atoms with E-state index in [4.69, 9.17) is 14.5 Å². The van der Waals surface area contributed by atoms with Gasteiger partial charge in [-0.15, -0.1) is 0 Å². The van der Waals surface area contributed by atoms with E-state index in [0.717, 1.165) is 38.2 Å².